The summed E-state index contributed by atoms with van der Waals surface area (Å²) < 4.78 is 0. The van der Waals surface area contributed by atoms with Gasteiger partial charge in [-0.15, -0.1) is 0 Å². The maximum atomic E-state index is 12.1. The molecule has 0 aliphatic carbocycles. The van der Waals surface area contributed by atoms with E-state index in [1.54, 1.807) is 16.8 Å². The predicted molar refractivity (Wildman–Crippen MR) is 81.5 cm³/mol. The van der Waals surface area contributed by atoms with Gasteiger partial charge in [0.1, 0.15) is 11.6 Å². The first-order valence-corrected chi connectivity index (χ1v) is 7.15. The lowest BCUT2D eigenvalue weighted by atomic mass is 10.3. The molecule has 3 heterocycles. The number of piperazine rings is 1. The smallest absolute Gasteiger partial charge is 0.325 e. The van der Waals surface area contributed by atoms with Crippen LogP contribution < -0.4 is 15.5 Å². The highest BCUT2D eigenvalue weighted by Gasteiger charge is 2.28. The molecule has 0 aromatic carbocycles. The van der Waals surface area contributed by atoms with Crippen molar-refractivity contribution in [3.05, 3.63) is 6.07 Å². The molecule has 1 aromatic rings. The Kier molecular flexibility index (Phi) is 3.54. The molecule has 2 aliphatic rings. The normalized spacial score (nSPS) is 20.5. The Hall–Kier alpha value is -2.09. The van der Waals surface area contributed by atoms with Crippen LogP contribution in [0.3, 0.4) is 0 Å². The number of hydrogen-bond donors (Lipinski definition) is 1. The Morgan fingerprint density at radius 1 is 1.00 bits per heavy atom. The first kappa shape index (κ1) is 13.9. The summed E-state index contributed by atoms with van der Waals surface area (Å²) in [6.45, 7) is 5.12. The maximum Gasteiger partial charge on any atom is 0.325 e. The Bertz CT molecular complexity index is 541. The van der Waals surface area contributed by atoms with Crippen LogP contribution in [0.5, 0.6) is 0 Å². The number of amides is 2. The molecule has 3 rings (SSSR count). The average Bonchev–Trinajstić information content (AvgIpc) is 2.79. The predicted octanol–water partition coefficient (Wildman–Crippen LogP) is -0.318. The van der Waals surface area contributed by atoms with Gasteiger partial charge in [0.25, 0.3) is 0 Å². The summed E-state index contributed by atoms with van der Waals surface area (Å²) in [5.41, 5.74) is 5.83. The number of anilines is 3. The lowest BCUT2D eigenvalue weighted by molar-refractivity contribution is 0.229. The van der Waals surface area contributed by atoms with Crippen molar-refractivity contribution in [3.63, 3.8) is 0 Å². The monoisotopic (exact) mass is 291 g/mol. The van der Waals surface area contributed by atoms with Crippen LogP contribution in [0.2, 0.25) is 0 Å². The number of likely N-dealkylation sites (N-methyl/N-ethyl adjacent to an activating group) is 2. The first-order chi connectivity index (χ1) is 10.0. The van der Waals surface area contributed by atoms with Gasteiger partial charge in [-0.2, -0.15) is 9.97 Å². The molecule has 0 radical (unpaired) electrons. The first-order valence-electron chi connectivity index (χ1n) is 7.15. The second-order valence-corrected chi connectivity index (χ2v) is 5.59. The van der Waals surface area contributed by atoms with E-state index in [1.165, 1.54) is 0 Å². The van der Waals surface area contributed by atoms with Crippen LogP contribution in [0.4, 0.5) is 22.4 Å². The zero-order valence-electron chi connectivity index (χ0n) is 12.5. The molecule has 2 aliphatic heterocycles. The third-order valence-electron chi connectivity index (χ3n) is 4.04. The van der Waals surface area contributed by atoms with Gasteiger partial charge in [-0.05, 0) is 7.05 Å². The quantitative estimate of drug-likeness (QED) is 0.804. The zero-order valence-corrected chi connectivity index (χ0v) is 12.5. The highest BCUT2D eigenvalue weighted by atomic mass is 16.2. The van der Waals surface area contributed by atoms with Crippen molar-refractivity contribution in [2.45, 2.75) is 0 Å². The molecule has 114 valence electrons. The van der Waals surface area contributed by atoms with Crippen LogP contribution in [-0.4, -0.2) is 79.2 Å². The molecule has 2 fully saturated rings. The third-order valence-corrected chi connectivity index (χ3v) is 4.04. The van der Waals surface area contributed by atoms with Gasteiger partial charge in [0, 0.05) is 52.4 Å². The maximum absolute atomic E-state index is 12.1. The van der Waals surface area contributed by atoms with E-state index in [1.807, 2.05) is 6.07 Å². The summed E-state index contributed by atoms with van der Waals surface area (Å²) in [4.78, 5) is 28.4. The minimum atomic E-state index is -0.0440. The van der Waals surface area contributed by atoms with Crippen LogP contribution in [0, 0.1) is 0 Å². The van der Waals surface area contributed by atoms with Gasteiger partial charge < -0.3 is 20.4 Å². The summed E-state index contributed by atoms with van der Waals surface area (Å²) >= 11 is 0. The summed E-state index contributed by atoms with van der Waals surface area (Å²) in [5, 5.41) is 0. The molecule has 0 bridgehead atoms. The fourth-order valence-corrected chi connectivity index (χ4v) is 2.64. The lowest BCUT2D eigenvalue weighted by Gasteiger charge is -2.33. The standard InChI is InChI=1S/C13H21N7O/c1-17-3-6-19(7-4-17)10-9-11(16-12(14)15-10)20-8-5-18(2)13(20)21/h9H,3-8H2,1-2H3,(H2,14,15,16). The fraction of sp³-hybridized carbons (Fsp3) is 0.615. The molecule has 0 unspecified atom stereocenters. The van der Waals surface area contributed by atoms with Gasteiger partial charge in [0.15, 0.2) is 0 Å². The third kappa shape index (κ3) is 2.71. The van der Waals surface area contributed by atoms with E-state index in [-0.39, 0.29) is 12.0 Å². The fourth-order valence-electron chi connectivity index (χ4n) is 2.64. The summed E-state index contributed by atoms with van der Waals surface area (Å²) in [7, 11) is 3.89. The van der Waals surface area contributed by atoms with Gasteiger partial charge in [-0.1, -0.05) is 0 Å². The van der Waals surface area contributed by atoms with Crippen molar-refractivity contribution < 1.29 is 4.79 Å². The molecule has 1 aromatic heterocycles. The number of urea groups is 1. The van der Waals surface area contributed by atoms with Crippen molar-refractivity contribution in [3.8, 4) is 0 Å². The summed E-state index contributed by atoms with van der Waals surface area (Å²) in [6, 6.07) is 1.82. The molecular weight excluding hydrogens is 270 g/mol. The molecule has 2 saturated heterocycles. The van der Waals surface area contributed by atoms with Gasteiger partial charge in [0.05, 0.1) is 0 Å². The van der Waals surface area contributed by atoms with Crippen molar-refractivity contribution in [2.75, 3.05) is 68.9 Å². The van der Waals surface area contributed by atoms with E-state index in [9.17, 15) is 4.79 Å². The number of rotatable bonds is 2. The lowest BCUT2D eigenvalue weighted by Crippen LogP contribution is -2.45. The van der Waals surface area contributed by atoms with Gasteiger partial charge >= 0.3 is 6.03 Å². The highest BCUT2D eigenvalue weighted by Crippen LogP contribution is 2.23. The molecule has 0 atom stereocenters. The zero-order chi connectivity index (χ0) is 15.0. The van der Waals surface area contributed by atoms with Crippen LogP contribution in [0.1, 0.15) is 0 Å². The average molecular weight is 291 g/mol. The molecule has 0 spiro atoms. The van der Waals surface area contributed by atoms with Gasteiger partial charge in [-0.25, -0.2) is 4.79 Å². The van der Waals surface area contributed by atoms with Crippen molar-refractivity contribution in [2.24, 2.45) is 0 Å². The van der Waals surface area contributed by atoms with Crippen molar-refractivity contribution in [1.29, 1.82) is 0 Å². The Morgan fingerprint density at radius 2 is 1.67 bits per heavy atom. The Morgan fingerprint density at radius 3 is 2.29 bits per heavy atom. The SMILES string of the molecule is CN1CCN(c2cc(N3CCN(C)C3=O)nc(N)n2)CC1. The molecule has 8 heteroatoms. The van der Waals surface area contributed by atoms with E-state index < -0.39 is 0 Å². The largest absolute Gasteiger partial charge is 0.368 e. The number of carbonyl (C=O) groups excluding carboxylic acids is 1. The van der Waals surface area contributed by atoms with Crippen LogP contribution in [-0.2, 0) is 0 Å². The van der Waals surface area contributed by atoms with E-state index >= 15 is 0 Å². The van der Waals surface area contributed by atoms with E-state index in [0.717, 1.165) is 32.0 Å². The number of nitrogens with zero attached hydrogens (tertiary/aromatic N) is 6. The molecule has 8 nitrogen and oxygen atoms in total. The van der Waals surface area contributed by atoms with Crippen molar-refractivity contribution in [1.82, 2.24) is 19.8 Å². The Balaban J connectivity index is 1.85. The molecule has 2 N–H and O–H groups in total. The number of nitrogens with two attached hydrogens (primary N) is 1. The van der Waals surface area contributed by atoms with Gasteiger partial charge in [-0.3, -0.25) is 4.90 Å². The van der Waals surface area contributed by atoms with Crippen molar-refractivity contribution >= 4 is 23.6 Å². The molecular formula is C13H21N7O. The molecule has 0 saturated carbocycles. The van der Waals surface area contributed by atoms with Gasteiger partial charge in [0.2, 0.25) is 5.95 Å². The molecule has 2 amide bonds. The molecule has 21 heavy (non-hydrogen) atoms. The minimum Gasteiger partial charge on any atom is -0.368 e. The van der Waals surface area contributed by atoms with Crippen LogP contribution >= 0.6 is 0 Å². The number of hydrogen-bond acceptors (Lipinski definition) is 6. The van der Waals surface area contributed by atoms with E-state index in [4.69, 9.17) is 5.73 Å². The Labute approximate surface area is 124 Å². The van der Waals surface area contributed by atoms with E-state index in [0.29, 0.717) is 18.9 Å². The van der Waals surface area contributed by atoms with Crippen LogP contribution in [0.25, 0.3) is 0 Å². The van der Waals surface area contributed by atoms with E-state index in [2.05, 4.69) is 26.8 Å². The van der Waals surface area contributed by atoms with Crippen LogP contribution in [0.15, 0.2) is 6.07 Å². The number of nitrogen functional groups attached to an aromatic ring is 1. The summed E-state index contributed by atoms with van der Waals surface area (Å²) in [5.74, 6) is 1.60. The summed E-state index contributed by atoms with van der Waals surface area (Å²) in [6.07, 6.45) is 0. The minimum absolute atomic E-state index is 0.0440. The topological polar surface area (TPSA) is 81.8 Å². The second kappa shape index (κ2) is 5.36. The number of carbonyl (C=O) groups is 1. The number of aromatic nitrogens is 2. The highest BCUT2D eigenvalue weighted by molar-refractivity contribution is 5.93. The second-order valence-electron chi connectivity index (χ2n) is 5.59.